The lowest BCUT2D eigenvalue weighted by atomic mass is 10.1. The maximum Gasteiger partial charge on any atom is 0.303 e. The summed E-state index contributed by atoms with van der Waals surface area (Å²) in [6, 6.07) is 0. The van der Waals surface area contributed by atoms with E-state index >= 15 is 0 Å². The second kappa shape index (κ2) is 15.0. The van der Waals surface area contributed by atoms with E-state index < -0.39 is 5.97 Å². The number of carboxylic acids is 1. The Labute approximate surface area is 129 Å². The largest absolute Gasteiger partial charge is 0.481 e. The quantitative estimate of drug-likeness (QED) is 0.384. The van der Waals surface area contributed by atoms with E-state index in [0.29, 0.717) is 6.42 Å². The molecule has 21 heavy (non-hydrogen) atoms. The zero-order valence-corrected chi connectivity index (χ0v) is 13.2. The molecule has 0 radical (unpaired) electrons. The number of aliphatic hydroxyl groups is 1. The lowest BCUT2D eigenvalue weighted by Gasteiger charge is -2.04. The van der Waals surface area contributed by atoms with Crippen LogP contribution in [0.15, 0.2) is 36.5 Å². The van der Waals surface area contributed by atoms with E-state index in [-0.39, 0.29) is 12.5 Å². The zero-order chi connectivity index (χ0) is 15.8. The van der Waals surface area contributed by atoms with E-state index in [4.69, 9.17) is 5.11 Å². The van der Waals surface area contributed by atoms with Crippen molar-refractivity contribution in [3.63, 3.8) is 0 Å². The molecule has 1 unspecified atom stereocenters. The van der Waals surface area contributed by atoms with Crippen LogP contribution in [-0.4, -0.2) is 22.3 Å². The van der Waals surface area contributed by atoms with Crippen LogP contribution in [0.3, 0.4) is 0 Å². The van der Waals surface area contributed by atoms with E-state index in [1.807, 2.05) is 6.08 Å². The van der Waals surface area contributed by atoms with Gasteiger partial charge in [-0.2, -0.15) is 0 Å². The van der Waals surface area contributed by atoms with E-state index in [1.54, 1.807) is 0 Å². The molecule has 0 aromatic heterocycles. The maximum atomic E-state index is 10.3. The van der Waals surface area contributed by atoms with Crippen LogP contribution in [0.2, 0.25) is 0 Å². The van der Waals surface area contributed by atoms with Crippen LogP contribution in [0.5, 0.6) is 0 Å². The first kappa shape index (κ1) is 19.7. The van der Waals surface area contributed by atoms with Crippen molar-refractivity contribution in [1.29, 1.82) is 0 Å². The second-order valence-corrected chi connectivity index (χ2v) is 5.16. The van der Waals surface area contributed by atoms with Crippen LogP contribution in [0.4, 0.5) is 0 Å². The minimum Gasteiger partial charge on any atom is -0.481 e. The molecule has 3 nitrogen and oxygen atoms in total. The first-order valence-electron chi connectivity index (χ1n) is 8.01. The molecule has 0 aliphatic heterocycles. The van der Waals surface area contributed by atoms with Crippen LogP contribution >= 0.6 is 0 Å². The van der Waals surface area contributed by atoms with Gasteiger partial charge in [0.1, 0.15) is 0 Å². The molecule has 0 aliphatic rings. The van der Waals surface area contributed by atoms with Crippen molar-refractivity contribution in [3.05, 3.63) is 36.5 Å². The standard InChI is InChI=1S/C18H30O3/c1-2-3-4-5-8-11-14-17(19)15-12-9-6-7-10-13-16-18(20)21/h3-4,6,8-9,11,17,19H,2,5,7,10,12-16H2,1H3,(H,20,21)/b4-3-,9-6-,11-8-. The molecule has 0 saturated carbocycles. The minimum absolute atomic E-state index is 0.256. The molecule has 0 aromatic carbocycles. The molecule has 0 amide bonds. The third kappa shape index (κ3) is 16.6. The lowest BCUT2D eigenvalue weighted by Crippen LogP contribution is -2.03. The second-order valence-electron chi connectivity index (χ2n) is 5.16. The normalized spacial score (nSPS) is 13.6. The molecule has 2 N–H and O–H groups in total. The van der Waals surface area contributed by atoms with E-state index in [1.165, 1.54) is 0 Å². The van der Waals surface area contributed by atoms with Gasteiger partial charge in [0.05, 0.1) is 6.10 Å². The molecule has 0 heterocycles. The Morgan fingerprint density at radius 1 is 1.00 bits per heavy atom. The van der Waals surface area contributed by atoms with Crippen LogP contribution in [-0.2, 0) is 4.79 Å². The molecule has 0 spiro atoms. The van der Waals surface area contributed by atoms with Gasteiger partial charge >= 0.3 is 5.97 Å². The van der Waals surface area contributed by atoms with Crippen molar-refractivity contribution < 1.29 is 15.0 Å². The predicted molar refractivity (Wildman–Crippen MR) is 88.3 cm³/mol. The summed E-state index contributed by atoms with van der Waals surface area (Å²) < 4.78 is 0. The van der Waals surface area contributed by atoms with E-state index in [9.17, 15) is 9.90 Å². The minimum atomic E-state index is -0.722. The number of carbonyl (C=O) groups is 1. The van der Waals surface area contributed by atoms with Gasteiger partial charge in [-0.05, 0) is 51.4 Å². The average molecular weight is 294 g/mol. The Balaban J connectivity index is 3.45. The summed E-state index contributed by atoms with van der Waals surface area (Å²) in [5.74, 6) is -0.722. The summed E-state index contributed by atoms with van der Waals surface area (Å²) in [4.78, 5) is 10.3. The maximum absolute atomic E-state index is 10.3. The molecular formula is C18H30O3. The number of aliphatic carboxylic acids is 1. The van der Waals surface area contributed by atoms with Gasteiger partial charge in [-0.1, -0.05) is 43.4 Å². The van der Waals surface area contributed by atoms with Crippen LogP contribution < -0.4 is 0 Å². The number of hydrogen-bond donors (Lipinski definition) is 2. The van der Waals surface area contributed by atoms with Gasteiger partial charge in [0.15, 0.2) is 0 Å². The smallest absolute Gasteiger partial charge is 0.303 e. The number of hydrogen-bond acceptors (Lipinski definition) is 2. The Kier molecular flexibility index (Phi) is 14.1. The first-order chi connectivity index (χ1) is 10.2. The van der Waals surface area contributed by atoms with Gasteiger partial charge in [0.2, 0.25) is 0 Å². The van der Waals surface area contributed by atoms with Crippen molar-refractivity contribution in [1.82, 2.24) is 0 Å². The van der Waals surface area contributed by atoms with Gasteiger partial charge in [-0.15, -0.1) is 0 Å². The highest BCUT2D eigenvalue weighted by Gasteiger charge is 1.99. The van der Waals surface area contributed by atoms with Gasteiger partial charge in [0, 0.05) is 6.42 Å². The third-order valence-corrected chi connectivity index (χ3v) is 3.09. The fraction of sp³-hybridized carbons (Fsp3) is 0.611. The van der Waals surface area contributed by atoms with Gasteiger partial charge < -0.3 is 10.2 Å². The summed E-state index contributed by atoms with van der Waals surface area (Å²) >= 11 is 0. The highest BCUT2D eigenvalue weighted by Crippen LogP contribution is 2.06. The molecule has 0 bridgehead atoms. The summed E-state index contributed by atoms with van der Waals surface area (Å²) in [5, 5.41) is 18.3. The van der Waals surface area contributed by atoms with Crippen LogP contribution in [0.25, 0.3) is 0 Å². The highest BCUT2D eigenvalue weighted by atomic mass is 16.4. The van der Waals surface area contributed by atoms with Crippen LogP contribution in [0.1, 0.15) is 64.7 Å². The fourth-order valence-corrected chi connectivity index (χ4v) is 1.87. The molecule has 0 saturated heterocycles. The highest BCUT2D eigenvalue weighted by molar-refractivity contribution is 5.66. The molecule has 120 valence electrons. The SMILES string of the molecule is CC/C=C\C/C=C\CC(O)CC/C=C\CCCCC(=O)O. The Morgan fingerprint density at radius 3 is 2.43 bits per heavy atom. The number of allylic oxidation sites excluding steroid dienone is 5. The van der Waals surface area contributed by atoms with Gasteiger partial charge in [0.25, 0.3) is 0 Å². The van der Waals surface area contributed by atoms with E-state index in [0.717, 1.165) is 44.9 Å². The van der Waals surface area contributed by atoms with Crippen molar-refractivity contribution in [2.75, 3.05) is 0 Å². The van der Waals surface area contributed by atoms with E-state index in [2.05, 4.69) is 37.3 Å². The average Bonchev–Trinajstić information content (AvgIpc) is 2.45. The van der Waals surface area contributed by atoms with Crippen molar-refractivity contribution in [3.8, 4) is 0 Å². The molecule has 0 fully saturated rings. The van der Waals surface area contributed by atoms with Gasteiger partial charge in [-0.3, -0.25) is 4.79 Å². The number of aliphatic hydroxyl groups excluding tert-OH is 1. The zero-order valence-electron chi connectivity index (χ0n) is 13.2. The topological polar surface area (TPSA) is 57.5 Å². The van der Waals surface area contributed by atoms with Gasteiger partial charge in [-0.25, -0.2) is 0 Å². The van der Waals surface area contributed by atoms with Crippen molar-refractivity contribution in [2.45, 2.75) is 70.8 Å². The molecule has 0 aliphatic carbocycles. The third-order valence-electron chi connectivity index (χ3n) is 3.09. The first-order valence-corrected chi connectivity index (χ1v) is 8.01. The molecule has 3 heteroatoms. The Morgan fingerprint density at radius 2 is 1.71 bits per heavy atom. The summed E-state index contributed by atoms with van der Waals surface area (Å²) in [7, 11) is 0. The fourth-order valence-electron chi connectivity index (χ4n) is 1.87. The monoisotopic (exact) mass is 294 g/mol. The molecular weight excluding hydrogens is 264 g/mol. The number of carboxylic acid groups (broad SMARTS) is 1. The lowest BCUT2D eigenvalue weighted by molar-refractivity contribution is -0.137. The predicted octanol–water partition coefficient (Wildman–Crippen LogP) is 4.63. The van der Waals surface area contributed by atoms with Crippen molar-refractivity contribution in [2.24, 2.45) is 0 Å². The Hall–Kier alpha value is -1.35. The van der Waals surface area contributed by atoms with Crippen LogP contribution in [0, 0.1) is 0 Å². The number of unbranched alkanes of at least 4 members (excludes halogenated alkanes) is 2. The summed E-state index contributed by atoms with van der Waals surface area (Å²) in [6.45, 7) is 2.11. The Bertz CT molecular complexity index is 329. The summed E-state index contributed by atoms with van der Waals surface area (Å²) in [6.07, 6.45) is 19.5. The summed E-state index contributed by atoms with van der Waals surface area (Å²) in [5.41, 5.74) is 0. The molecule has 0 rings (SSSR count). The number of rotatable bonds is 13. The molecule has 0 aromatic rings. The van der Waals surface area contributed by atoms with Crippen molar-refractivity contribution >= 4 is 5.97 Å². The molecule has 1 atom stereocenters.